The largest absolute Gasteiger partial charge is 0.495 e. The van der Waals surface area contributed by atoms with Crippen LogP contribution in [0.25, 0.3) is 0 Å². The average molecular weight is 215 g/mol. The van der Waals surface area contributed by atoms with Gasteiger partial charge in [0.25, 0.3) is 0 Å². The molecule has 2 N–H and O–H groups in total. The predicted molar refractivity (Wildman–Crippen MR) is 53.8 cm³/mol. The van der Waals surface area contributed by atoms with Crippen LogP contribution in [0.4, 0.5) is 0 Å². The summed E-state index contributed by atoms with van der Waals surface area (Å²) >= 11 is 0. The zero-order chi connectivity index (χ0) is 10.9. The quantitative estimate of drug-likeness (QED) is 0.798. The third kappa shape index (κ3) is 1.88. The lowest BCUT2D eigenvalue weighted by atomic mass is 10.1. The second-order valence-corrected chi connectivity index (χ2v) is 4.61. The molecule has 0 aliphatic carbocycles. The highest BCUT2D eigenvalue weighted by Crippen LogP contribution is 2.28. The van der Waals surface area contributed by atoms with Crippen LogP contribution in [0, 0.1) is 13.8 Å². The maximum atomic E-state index is 11.2. The minimum Gasteiger partial charge on any atom is -0.495 e. The van der Waals surface area contributed by atoms with Crippen LogP contribution in [0.2, 0.25) is 0 Å². The van der Waals surface area contributed by atoms with Crippen LogP contribution in [0.5, 0.6) is 5.75 Å². The van der Waals surface area contributed by atoms with Crippen LogP contribution in [0.3, 0.4) is 0 Å². The maximum absolute atomic E-state index is 11.2. The maximum Gasteiger partial charge on any atom is 0.241 e. The van der Waals surface area contributed by atoms with Crippen molar-refractivity contribution in [1.29, 1.82) is 0 Å². The minimum absolute atomic E-state index is 0.0306. The second-order valence-electron chi connectivity index (χ2n) is 3.08. The second kappa shape index (κ2) is 3.59. The molecule has 5 heteroatoms. The van der Waals surface area contributed by atoms with E-state index < -0.39 is 10.0 Å². The van der Waals surface area contributed by atoms with E-state index in [4.69, 9.17) is 9.88 Å². The molecule has 78 valence electrons. The summed E-state index contributed by atoms with van der Waals surface area (Å²) in [7, 11) is -2.28. The summed E-state index contributed by atoms with van der Waals surface area (Å²) in [5.74, 6) is 0.326. The smallest absolute Gasteiger partial charge is 0.241 e. The molecule has 14 heavy (non-hydrogen) atoms. The number of sulfonamides is 1. The van der Waals surface area contributed by atoms with Gasteiger partial charge in [-0.2, -0.15) is 0 Å². The fourth-order valence-corrected chi connectivity index (χ4v) is 2.00. The molecule has 0 spiro atoms. The molecular formula is C9H13NO3S. The van der Waals surface area contributed by atoms with Crippen LogP contribution in [0.1, 0.15) is 11.1 Å². The normalized spacial score (nSPS) is 11.4. The van der Waals surface area contributed by atoms with Gasteiger partial charge in [0.2, 0.25) is 10.0 Å². The Balaban J connectivity index is 3.55. The molecule has 4 nitrogen and oxygen atoms in total. The molecule has 0 aromatic heterocycles. The first-order chi connectivity index (χ1) is 6.38. The molecule has 0 unspecified atom stereocenters. The lowest BCUT2D eigenvalue weighted by Crippen LogP contribution is -2.14. The van der Waals surface area contributed by atoms with Crippen LogP contribution in [0.15, 0.2) is 17.0 Å². The van der Waals surface area contributed by atoms with Crippen molar-refractivity contribution in [3.8, 4) is 5.75 Å². The van der Waals surface area contributed by atoms with Crippen molar-refractivity contribution in [1.82, 2.24) is 0 Å². The lowest BCUT2D eigenvalue weighted by Gasteiger charge is -2.11. The van der Waals surface area contributed by atoms with Gasteiger partial charge in [0.05, 0.1) is 7.11 Å². The van der Waals surface area contributed by atoms with E-state index in [-0.39, 0.29) is 4.90 Å². The number of ether oxygens (including phenoxy) is 1. The van der Waals surface area contributed by atoms with Crippen molar-refractivity contribution >= 4 is 10.0 Å². The molecule has 0 aliphatic rings. The Kier molecular flexibility index (Phi) is 2.82. The Morgan fingerprint density at radius 3 is 2.29 bits per heavy atom. The van der Waals surface area contributed by atoms with Gasteiger partial charge in [0.15, 0.2) is 0 Å². The summed E-state index contributed by atoms with van der Waals surface area (Å²) in [6, 6.07) is 3.16. The number of rotatable bonds is 2. The van der Waals surface area contributed by atoms with Crippen molar-refractivity contribution in [2.75, 3.05) is 7.11 Å². The summed E-state index contributed by atoms with van der Waals surface area (Å²) in [6.45, 7) is 3.67. The van der Waals surface area contributed by atoms with E-state index in [1.807, 2.05) is 6.92 Å². The summed E-state index contributed by atoms with van der Waals surface area (Å²) in [5.41, 5.74) is 1.76. The number of nitrogens with two attached hydrogens (primary N) is 1. The Morgan fingerprint density at radius 2 is 1.86 bits per heavy atom. The first-order valence-electron chi connectivity index (χ1n) is 4.05. The van der Waals surface area contributed by atoms with E-state index in [1.54, 1.807) is 13.0 Å². The van der Waals surface area contributed by atoms with Gasteiger partial charge in [0.1, 0.15) is 10.6 Å². The van der Waals surface area contributed by atoms with E-state index in [0.29, 0.717) is 5.75 Å². The SMILES string of the molecule is COc1c(S(N)(=O)=O)ccc(C)c1C. The van der Waals surface area contributed by atoms with Crippen LogP contribution in [-0.4, -0.2) is 15.5 Å². The van der Waals surface area contributed by atoms with Gasteiger partial charge in [-0.05, 0) is 31.0 Å². The Hall–Kier alpha value is -1.07. The molecular weight excluding hydrogens is 202 g/mol. The highest BCUT2D eigenvalue weighted by molar-refractivity contribution is 7.89. The number of primary sulfonamides is 1. The third-order valence-electron chi connectivity index (χ3n) is 2.15. The average Bonchev–Trinajstić information content (AvgIpc) is 2.07. The number of aryl methyl sites for hydroxylation is 1. The van der Waals surface area contributed by atoms with E-state index in [1.165, 1.54) is 13.2 Å². The monoisotopic (exact) mass is 215 g/mol. The number of benzene rings is 1. The zero-order valence-corrected chi connectivity index (χ0v) is 9.18. The molecule has 1 aromatic carbocycles. The van der Waals surface area contributed by atoms with Gasteiger partial charge in [-0.3, -0.25) is 0 Å². The molecule has 0 aliphatic heterocycles. The highest BCUT2D eigenvalue weighted by atomic mass is 32.2. The first kappa shape index (κ1) is 11.0. The zero-order valence-electron chi connectivity index (χ0n) is 8.37. The molecule has 1 aromatic rings. The van der Waals surface area contributed by atoms with Crippen LogP contribution < -0.4 is 9.88 Å². The number of hydrogen-bond donors (Lipinski definition) is 1. The Morgan fingerprint density at radius 1 is 1.29 bits per heavy atom. The van der Waals surface area contributed by atoms with Crippen molar-refractivity contribution in [3.63, 3.8) is 0 Å². The van der Waals surface area contributed by atoms with Crippen molar-refractivity contribution < 1.29 is 13.2 Å². The minimum atomic E-state index is -3.71. The molecule has 0 radical (unpaired) electrons. The summed E-state index contributed by atoms with van der Waals surface area (Å²) in [6.07, 6.45) is 0. The van der Waals surface area contributed by atoms with Crippen LogP contribution in [-0.2, 0) is 10.0 Å². The first-order valence-corrected chi connectivity index (χ1v) is 5.59. The van der Waals surface area contributed by atoms with Crippen molar-refractivity contribution in [2.24, 2.45) is 5.14 Å². The van der Waals surface area contributed by atoms with Crippen LogP contribution >= 0.6 is 0 Å². The van der Waals surface area contributed by atoms with Gasteiger partial charge in [-0.1, -0.05) is 6.07 Å². The van der Waals surface area contributed by atoms with Gasteiger partial charge in [-0.25, -0.2) is 13.6 Å². The van der Waals surface area contributed by atoms with E-state index in [2.05, 4.69) is 0 Å². The topological polar surface area (TPSA) is 69.4 Å². The fourth-order valence-electron chi connectivity index (χ4n) is 1.24. The molecule has 0 bridgehead atoms. The number of methoxy groups -OCH3 is 1. The van der Waals surface area contributed by atoms with E-state index in [9.17, 15) is 8.42 Å². The Bertz CT molecular complexity index is 451. The molecule has 0 fully saturated rings. The van der Waals surface area contributed by atoms with E-state index in [0.717, 1.165) is 11.1 Å². The molecule has 0 saturated heterocycles. The molecule has 0 heterocycles. The molecule has 0 atom stereocenters. The fraction of sp³-hybridized carbons (Fsp3) is 0.333. The van der Waals surface area contributed by atoms with Gasteiger partial charge < -0.3 is 4.74 Å². The van der Waals surface area contributed by atoms with Gasteiger partial charge in [0, 0.05) is 0 Å². The highest BCUT2D eigenvalue weighted by Gasteiger charge is 2.17. The Labute approximate surface area is 83.7 Å². The summed E-state index contributed by atoms with van der Waals surface area (Å²) in [4.78, 5) is 0.0306. The summed E-state index contributed by atoms with van der Waals surface area (Å²) in [5, 5.41) is 5.04. The molecule has 0 saturated carbocycles. The summed E-state index contributed by atoms with van der Waals surface area (Å²) < 4.78 is 27.4. The van der Waals surface area contributed by atoms with Crippen molar-refractivity contribution in [2.45, 2.75) is 18.7 Å². The molecule has 1 rings (SSSR count). The predicted octanol–water partition coefficient (Wildman–Crippen LogP) is 0.959. The van der Waals surface area contributed by atoms with E-state index >= 15 is 0 Å². The third-order valence-corrected chi connectivity index (χ3v) is 3.09. The van der Waals surface area contributed by atoms with Gasteiger partial charge in [-0.15, -0.1) is 0 Å². The number of hydrogen-bond acceptors (Lipinski definition) is 3. The standard InChI is InChI=1S/C9H13NO3S/c1-6-4-5-8(14(10,11)12)9(13-3)7(6)2/h4-5H,1-3H3,(H2,10,11,12). The van der Waals surface area contributed by atoms with Gasteiger partial charge >= 0.3 is 0 Å². The molecule has 0 amide bonds. The van der Waals surface area contributed by atoms with Crippen molar-refractivity contribution in [3.05, 3.63) is 23.3 Å². The lowest BCUT2D eigenvalue weighted by molar-refractivity contribution is 0.399.